The van der Waals surface area contributed by atoms with E-state index in [0.29, 0.717) is 14.3 Å². The number of rotatable bonds is 9. The largest absolute Gasteiger partial charge is 0.507 e. The molecule has 3 heteroatoms. The summed E-state index contributed by atoms with van der Waals surface area (Å²) in [6.07, 6.45) is 4.72. The van der Waals surface area contributed by atoms with Crippen molar-refractivity contribution < 1.29 is 5.11 Å². The molecule has 0 spiro atoms. The molecule has 2 rings (SSSR count). The molecule has 2 unspecified atom stereocenters. The highest BCUT2D eigenvalue weighted by molar-refractivity contribution is 7.48. The molecule has 0 bridgehead atoms. The lowest BCUT2D eigenvalue weighted by Crippen LogP contribution is -2.24. The molecule has 0 aliphatic carbocycles. The summed E-state index contributed by atoms with van der Waals surface area (Å²) in [6.45, 7) is 14.3. The molecule has 0 amide bonds. The van der Waals surface area contributed by atoms with E-state index in [4.69, 9.17) is 0 Å². The van der Waals surface area contributed by atoms with Gasteiger partial charge in [-0.25, -0.2) is 0 Å². The number of unbranched alkanes of at least 4 members (excludes halogenated alkanes) is 2. The zero-order valence-electron chi connectivity index (χ0n) is 19.4. The molecule has 0 heterocycles. The predicted octanol–water partition coefficient (Wildman–Crippen LogP) is 6.52. The van der Waals surface area contributed by atoms with E-state index in [1.807, 2.05) is 14.0 Å². The Morgan fingerprint density at radius 1 is 1.03 bits per heavy atom. The molecule has 0 saturated carbocycles. The van der Waals surface area contributed by atoms with Gasteiger partial charge in [0.2, 0.25) is 0 Å². The summed E-state index contributed by atoms with van der Waals surface area (Å²) in [5.74, 6) is 0.482. The fraction of sp³-hybridized carbons (Fsp3) is 0.538. The quantitative estimate of drug-likeness (QED) is 0.362. The smallest absolute Gasteiger partial charge is 0.122 e. The minimum absolute atomic E-state index is 0.0602. The van der Waals surface area contributed by atoms with Crippen molar-refractivity contribution in [3.63, 3.8) is 0 Å². The standard InChI is InChI=1S/C26H40NOP/c1-8-9-12-15-26(6,29-23-14-11-10-13-20(23)18-27-7)22-17-21(25(3,4)5)16-19(2)24(22)28/h10-11,13-14,16-17,27-29H,8-9,12,15,18H2,1-7H3. The molecule has 0 saturated heterocycles. The first kappa shape index (κ1) is 23.9. The van der Waals surface area contributed by atoms with Gasteiger partial charge in [-0.05, 0) is 47.8 Å². The number of aryl methyl sites for hydroxylation is 1. The molecule has 2 aromatic carbocycles. The van der Waals surface area contributed by atoms with Gasteiger partial charge >= 0.3 is 0 Å². The molecule has 2 aromatic rings. The number of phenolic OH excluding ortho intramolecular Hbond substituents is 1. The van der Waals surface area contributed by atoms with Gasteiger partial charge in [0.1, 0.15) is 5.75 Å². The van der Waals surface area contributed by atoms with Crippen molar-refractivity contribution in [2.45, 2.75) is 84.3 Å². The minimum Gasteiger partial charge on any atom is -0.507 e. The molecule has 0 aromatic heterocycles. The Kier molecular flexibility index (Phi) is 8.32. The van der Waals surface area contributed by atoms with Crippen molar-refractivity contribution in [1.82, 2.24) is 5.32 Å². The van der Waals surface area contributed by atoms with Crippen molar-refractivity contribution >= 4 is 13.9 Å². The van der Waals surface area contributed by atoms with Crippen LogP contribution in [-0.2, 0) is 17.1 Å². The van der Waals surface area contributed by atoms with E-state index in [9.17, 15) is 5.11 Å². The highest BCUT2D eigenvalue weighted by atomic mass is 31.1. The Labute approximate surface area is 180 Å². The van der Waals surface area contributed by atoms with Crippen LogP contribution in [0.15, 0.2) is 36.4 Å². The van der Waals surface area contributed by atoms with Crippen LogP contribution in [0.5, 0.6) is 5.75 Å². The molecular weight excluding hydrogens is 373 g/mol. The first-order valence-corrected chi connectivity index (χ1v) is 12.0. The van der Waals surface area contributed by atoms with Crippen molar-refractivity contribution in [3.05, 3.63) is 58.7 Å². The van der Waals surface area contributed by atoms with E-state index in [1.165, 1.54) is 35.7 Å². The van der Waals surface area contributed by atoms with E-state index in [2.05, 4.69) is 76.3 Å². The van der Waals surface area contributed by atoms with Gasteiger partial charge in [0, 0.05) is 17.3 Å². The van der Waals surface area contributed by atoms with Gasteiger partial charge in [-0.2, -0.15) is 0 Å². The Hall–Kier alpha value is -1.37. The summed E-state index contributed by atoms with van der Waals surface area (Å²) in [5, 5.41) is 15.8. The van der Waals surface area contributed by atoms with Crippen LogP contribution >= 0.6 is 8.58 Å². The summed E-state index contributed by atoms with van der Waals surface area (Å²) in [4.78, 5) is 0. The number of hydrogen-bond donors (Lipinski definition) is 2. The molecular formula is C26H40NOP. The number of phenols is 1. The van der Waals surface area contributed by atoms with Gasteiger partial charge in [-0.15, -0.1) is 0 Å². The molecule has 0 radical (unpaired) electrons. The SMILES string of the molecule is CCCCCC(C)(Pc1ccccc1CNC)c1cc(C(C)(C)C)cc(C)c1O. The molecule has 2 nitrogen and oxygen atoms in total. The van der Waals surface area contributed by atoms with Crippen LogP contribution in [0.1, 0.15) is 82.6 Å². The predicted molar refractivity (Wildman–Crippen MR) is 130 cm³/mol. The second-order valence-electron chi connectivity index (χ2n) is 9.54. The Bertz CT molecular complexity index is 809. The monoisotopic (exact) mass is 413 g/mol. The van der Waals surface area contributed by atoms with Crippen LogP contribution in [0.25, 0.3) is 0 Å². The first-order valence-electron chi connectivity index (χ1n) is 11.0. The zero-order chi connectivity index (χ0) is 21.7. The van der Waals surface area contributed by atoms with Crippen LogP contribution < -0.4 is 10.6 Å². The lowest BCUT2D eigenvalue weighted by atomic mass is 9.82. The molecule has 2 N–H and O–H groups in total. The average Bonchev–Trinajstić information content (AvgIpc) is 2.65. The van der Waals surface area contributed by atoms with E-state index in [0.717, 1.165) is 24.1 Å². The lowest BCUT2D eigenvalue weighted by Gasteiger charge is -2.34. The minimum atomic E-state index is -0.0743. The maximum atomic E-state index is 11.1. The third-order valence-corrected chi connectivity index (χ3v) is 7.66. The van der Waals surface area contributed by atoms with Crippen LogP contribution in [0, 0.1) is 6.92 Å². The maximum absolute atomic E-state index is 11.1. The summed E-state index contributed by atoms with van der Waals surface area (Å²) >= 11 is 0. The van der Waals surface area contributed by atoms with Crippen LogP contribution in [0.2, 0.25) is 0 Å². The Morgan fingerprint density at radius 3 is 2.34 bits per heavy atom. The topological polar surface area (TPSA) is 32.3 Å². The van der Waals surface area contributed by atoms with Gasteiger partial charge in [0.05, 0.1) is 0 Å². The highest BCUT2D eigenvalue weighted by Gasteiger charge is 2.32. The number of benzene rings is 2. The van der Waals surface area contributed by atoms with Gasteiger partial charge in [0.25, 0.3) is 0 Å². The van der Waals surface area contributed by atoms with Crippen molar-refractivity contribution in [2.75, 3.05) is 7.05 Å². The molecule has 0 fully saturated rings. The molecule has 160 valence electrons. The second-order valence-corrected chi connectivity index (χ2v) is 11.4. The second kappa shape index (κ2) is 10.1. The third kappa shape index (κ3) is 6.06. The summed E-state index contributed by atoms with van der Waals surface area (Å²) in [7, 11) is 2.62. The normalized spacial score (nSPS) is 14.4. The summed E-state index contributed by atoms with van der Waals surface area (Å²) < 4.78 is 0. The average molecular weight is 414 g/mol. The molecule has 29 heavy (non-hydrogen) atoms. The Morgan fingerprint density at radius 2 is 1.72 bits per heavy atom. The highest BCUT2D eigenvalue weighted by Crippen LogP contribution is 2.50. The van der Waals surface area contributed by atoms with E-state index < -0.39 is 0 Å². The van der Waals surface area contributed by atoms with Crippen molar-refractivity contribution in [3.8, 4) is 5.75 Å². The van der Waals surface area contributed by atoms with Crippen LogP contribution in [0.3, 0.4) is 0 Å². The van der Waals surface area contributed by atoms with Crippen LogP contribution in [0.4, 0.5) is 0 Å². The molecule has 2 atom stereocenters. The number of hydrogen-bond acceptors (Lipinski definition) is 2. The number of nitrogens with one attached hydrogen (secondary N) is 1. The number of aromatic hydroxyl groups is 1. The first-order chi connectivity index (χ1) is 13.6. The van der Waals surface area contributed by atoms with Gasteiger partial charge in [0.15, 0.2) is 0 Å². The van der Waals surface area contributed by atoms with Crippen molar-refractivity contribution in [1.29, 1.82) is 0 Å². The maximum Gasteiger partial charge on any atom is 0.122 e. The zero-order valence-corrected chi connectivity index (χ0v) is 20.4. The van der Waals surface area contributed by atoms with Crippen LogP contribution in [-0.4, -0.2) is 12.2 Å². The van der Waals surface area contributed by atoms with E-state index in [-0.39, 0.29) is 10.6 Å². The van der Waals surface area contributed by atoms with Gasteiger partial charge < -0.3 is 10.4 Å². The third-order valence-electron chi connectivity index (χ3n) is 5.84. The summed E-state index contributed by atoms with van der Waals surface area (Å²) in [5.41, 5.74) is 4.83. The van der Waals surface area contributed by atoms with E-state index in [1.54, 1.807) is 0 Å². The van der Waals surface area contributed by atoms with Crippen molar-refractivity contribution in [2.24, 2.45) is 0 Å². The lowest BCUT2D eigenvalue weighted by molar-refractivity contribution is 0.444. The van der Waals surface area contributed by atoms with E-state index >= 15 is 0 Å². The van der Waals surface area contributed by atoms with Gasteiger partial charge in [-0.3, -0.25) is 0 Å². The molecule has 0 aliphatic heterocycles. The van der Waals surface area contributed by atoms with Gasteiger partial charge in [-0.1, -0.05) is 98.9 Å². The Balaban J connectivity index is 2.57. The molecule has 0 aliphatic rings. The summed E-state index contributed by atoms with van der Waals surface area (Å²) in [6, 6.07) is 13.2. The fourth-order valence-corrected chi connectivity index (χ4v) is 5.64. The fourth-order valence-electron chi connectivity index (χ4n) is 3.91.